The van der Waals surface area contributed by atoms with Crippen LogP contribution in [0.3, 0.4) is 0 Å². The van der Waals surface area contributed by atoms with E-state index < -0.39 is 5.97 Å². The highest BCUT2D eigenvalue weighted by Gasteiger charge is 2.16. The normalized spacial score (nSPS) is 10.6. The first-order valence-corrected chi connectivity index (χ1v) is 5.26. The van der Waals surface area contributed by atoms with E-state index in [0.29, 0.717) is 17.6 Å². The van der Waals surface area contributed by atoms with Gasteiger partial charge in [0.25, 0.3) is 0 Å². The molecule has 0 aliphatic heterocycles. The van der Waals surface area contributed by atoms with Gasteiger partial charge in [0.05, 0.1) is 11.9 Å². The lowest BCUT2D eigenvalue weighted by molar-refractivity contribution is -0.107. The van der Waals surface area contributed by atoms with Crippen LogP contribution in [0.4, 0.5) is 0 Å². The molecule has 0 aliphatic rings. The number of aromatic carboxylic acids is 1. The number of hydrogen-bond donors (Lipinski definition) is 1. The number of carboxylic acids is 1. The van der Waals surface area contributed by atoms with Gasteiger partial charge in [-0.15, -0.1) is 0 Å². The van der Waals surface area contributed by atoms with Gasteiger partial charge in [0.1, 0.15) is 12.1 Å². The molecule has 0 saturated carbocycles. The minimum absolute atomic E-state index is 0.0376. The van der Waals surface area contributed by atoms with Crippen LogP contribution in [0.15, 0.2) is 22.8 Å². The van der Waals surface area contributed by atoms with Crippen molar-refractivity contribution >= 4 is 33.7 Å². The number of halogens is 1. The van der Waals surface area contributed by atoms with Gasteiger partial charge in [0, 0.05) is 10.7 Å². The Bertz CT molecular complexity index is 577. The van der Waals surface area contributed by atoms with Gasteiger partial charge in [0.2, 0.25) is 0 Å². The fraction of sp³-hybridized carbons (Fsp3) is 0.100. The highest BCUT2D eigenvalue weighted by atomic mass is 79.9. The molecule has 0 fully saturated rings. The molecule has 0 aromatic carbocycles. The Balaban J connectivity index is 2.75. The maximum atomic E-state index is 10.9. The fourth-order valence-electron chi connectivity index (χ4n) is 1.50. The van der Waals surface area contributed by atoms with Crippen LogP contribution in [-0.4, -0.2) is 26.7 Å². The maximum absolute atomic E-state index is 10.9. The van der Waals surface area contributed by atoms with Gasteiger partial charge in [-0.3, -0.25) is 0 Å². The molecule has 5 nitrogen and oxygen atoms in total. The molecule has 0 spiro atoms. The van der Waals surface area contributed by atoms with Gasteiger partial charge in [-0.2, -0.15) is 0 Å². The molecule has 1 N–H and O–H groups in total. The molecule has 0 radical (unpaired) electrons. The summed E-state index contributed by atoms with van der Waals surface area (Å²) in [6, 6.07) is 3.38. The zero-order valence-corrected chi connectivity index (χ0v) is 9.64. The van der Waals surface area contributed by atoms with E-state index >= 15 is 0 Å². The summed E-state index contributed by atoms with van der Waals surface area (Å²) < 4.78 is 2.39. The molecule has 2 heterocycles. The average molecular weight is 283 g/mol. The van der Waals surface area contributed by atoms with E-state index in [1.807, 2.05) is 0 Å². The van der Waals surface area contributed by atoms with Crippen molar-refractivity contribution in [3.8, 4) is 0 Å². The van der Waals surface area contributed by atoms with Crippen LogP contribution in [0, 0.1) is 0 Å². The van der Waals surface area contributed by atoms with Gasteiger partial charge in [0.15, 0.2) is 5.69 Å². The van der Waals surface area contributed by atoms with Gasteiger partial charge in [-0.1, -0.05) is 0 Å². The quantitative estimate of drug-likeness (QED) is 0.867. The predicted molar refractivity (Wildman–Crippen MR) is 59.6 cm³/mol. The molecule has 2 rings (SSSR count). The molecule has 82 valence electrons. The summed E-state index contributed by atoms with van der Waals surface area (Å²) in [6.45, 7) is 0. The number of imidazole rings is 1. The van der Waals surface area contributed by atoms with E-state index in [2.05, 4.69) is 20.9 Å². The Morgan fingerprint density at radius 2 is 2.31 bits per heavy atom. The van der Waals surface area contributed by atoms with Crippen LogP contribution in [0.25, 0.3) is 5.52 Å². The van der Waals surface area contributed by atoms with Crippen LogP contribution in [0.5, 0.6) is 0 Å². The first-order valence-electron chi connectivity index (χ1n) is 4.47. The standard InChI is InChI=1S/C10H7BrN2O3/c11-6-1-2-7-9(10(15)16)12-8(3-4-14)13(7)5-6/h1-2,4-5H,3H2,(H,15,16). The summed E-state index contributed by atoms with van der Waals surface area (Å²) in [5.41, 5.74) is 0.442. The number of hydrogen-bond acceptors (Lipinski definition) is 3. The third kappa shape index (κ3) is 1.71. The van der Waals surface area contributed by atoms with Crippen LogP contribution in [0.2, 0.25) is 0 Å². The Morgan fingerprint density at radius 1 is 1.56 bits per heavy atom. The summed E-state index contributed by atoms with van der Waals surface area (Å²) in [6.07, 6.45) is 2.47. The van der Waals surface area contributed by atoms with E-state index in [9.17, 15) is 9.59 Å². The molecule has 2 aromatic rings. The topological polar surface area (TPSA) is 71.7 Å². The minimum Gasteiger partial charge on any atom is -0.476 e. The Morgan fingerprint density at radius 3 is 2.94 bits per heavy atom. The third-order valence-electron chi connectivity index (χ3n) is 2.14. The second-order valence-electron chi connectivity index (χ2n) is 3.16. The zero-order valence-electron chi connectivity index (χ0n) is 8.05. The highest BCUT2D eigenvalue weighted by Crippen LogP contribution is 2.18. The number of carbonyl (C=O) groups excluding carboxylic acids is 1. The number of pyridine rings is 1. The Labute approximate surface area is 98.8 Å². The molecule has 0 aliphatic carbocycles. The van der Waals surface area contributed by atoms with Crippen molar-refractivity contribution in [1.29, 1.82) is 0 Å². The second kappa shape index (κ2) is 4.05. The minimum atomic E-state index is -1.10. The van der Waals surface area contributed by atoms with Crippen LogP contribution in [-0.2, 0) is 11.2 Å². The SMILES string of the molecule is O=CCc1nc(C(=O)O)c2ccc(Br)cn12. The van der Waals surface area contributed by atoms with Gasteiger partial charge in [-0.25, -0.2) is 9.78 Å². The lowest BCUT2D eigenvalue weighted by Crippen LogP contribution is -1.97. The molecule has 6 heteroatoms. The number of aldehydes is 1. The summed E-state index contributed by atoms with van der Waals surface area (Å²) >= 11 is 3.28. The largest absolute Gasteiger partial charge is 0.476 e. The number of fused-ring (bicyclic) bond motifs is 1. The fourth-order valence-corrected chi connectivity index (χ4v) is 1.83. The monoisotopic (exact) mass is 282 g/mol. The lowest BCUT2D eigenvalue weighted by Gasteiger charge is -1.98. The van der Waals surface area contributed by atoms with Crippen LogP contribution in [0.1, 0.15) is 16.3 Å². The van der Waals surface area contributed by atoms with E-state index in [0.717, 1.165) is 4.47 Å². The molecule has 0 saturated heterocycles. The lowest BCUT2D eigenvalue weighted by atomic mass is 10.3. The van der Waals surface area contributed by atoms with Crippen molar-refractivity contribution in [1.82, 2.24) is 9.38 Å². The van der Waals surface area contributed by atoms with Crippen molar-refractivity contribution in [3.05, 3.63) is 34.3 Å². The summed E-state index contributed by atoms with van der Waals surface area (Å²) in [5.74, 6) is -0.680. The maximum Gasteiger partial charge on any atom is 0.356 e. The van der Waals surface area contributed by atoms with Crippen molar-refractivity contribution in [2.45, 2.75) is 6.42 Å². The molecule has 16 heavy (non-hydrogen) atoms. The van der Waals surface area contributed by atoms with Crippen LogP contribution >= 0.6 is 15.9 Å². The zero-order chi connectivity index (χ0) is 11.7. The van der Waals surface area contributed by atoms with Crippen LogP contribution < -0.4 is 0 Å². The number of carboxylic acid groups (broad SMARTS) is 1. The van der Waals surface area contributed by atoms with Gasteiger partial charge in [-0.05, 0) is 28.1 Å². The molecular weight excluding hydrogens is 276 g/mol. The first-order chi connectivity index (χ1) is 7.63. The van der Waals surface area contributed by atoms with Gasteiger partial charge >= 0.3 is 5.97 Å². The molecule has 0 bridgehead atoms. The van der Waals surface area contributed by atoms with E-state index in [4.69, 9.17) is 5.11 Å². The Hall–Kier alpha value is -1.69. The van der Waals surface area contributed by atoms with Crippen molar-refractivity contribution in [2.75, 3.05) is 0 Å². The summed E-state index contributed by atoms with van der Waals surface area (Å²) in [4.78, 5) is 25.3. The second-order valence-corrected chi connectivity index (χ2v) is 4.07. The molecule has 0 amide bonds. The smallest absolute Gasteiger partial charge is 0.356 e. The summed E-state index contributed by atoms with van der Waals surface area (Å²) in [7, 11) is 0. The highest BCUT2D eigenvalue weighted by molar-refractivity contribution is 9.10. The first kappa shape index (κ1) is 10.8. The average Bonchev–Trinajstić information content (AvgIpc) is 2.58. The molecule has 0 atom stereocenters. The number of rotatable bonds is 3. The number of carbonyl (C=O) groups is 2. The Kier molecular flexibility index (Phi) is 2.74. The van der Waals surface area contributed by atoms with E-state index in [-0.39, 0.29) is 12.1 Å². The van der Waals surface area contributed by atoms with Gasteiger partial charge < -0.3 is 14.3 Å². The van der Waals surface area contributed by atoms with Crippen molar-refractivity contribution < 1.29 is 14.7 Å². The predicted octanol–water partition coefficient (Wildman–Crippen LogP) is 1.54. The third-order valence-corrected chi connectivity index (χ3v) is 2.61. The number of nitrogens with zero attached hydrogens (tertiary/aromatic N) is 2. The molecule has 2 aromatic heterocycles. The summed E-state index contributed by atoms with van der Waals surface area (Å²) in [5, 5.41) is 8.96. The van der Waals surface area contributed by atoms with E-state index in [1.54, 1.807) is 22.7 Å². The van der Waals surface area contributed by atoms with Crippen molar-refractivity contribution in [2.24, 2.45) is 0 Å². The number of aromatic nitrogens is 2. The molecular formula is C10H7BrN2O3. The van der Waals surface area contributed by atoms with E-state index in [1.165, 1.54) is 0 Å². The van der Waals surface area contributed by atoms with Crippen molar-refractivity contribution in [3.63, 3.8) is 0 Å². The molecule has 0 unspecified atom stereocenters.